The Kier molecular flexibility index (Phi) is 8.85. The lowest BCUT2D eigenvalue weighted by Crippen LogP contribution is -2.34. The van der Waals surface area contributed by atoms with Gasteiger partial charge in [-0.1, -0.05) is 18.6 Å². The third kappa shape index (κ3) is 7.96. The van der Waals surface area contributed by atoms with Crippen molar-refractivity contribution >= 4 is 39.5 Å². The molecule has 4 N–H and O–H groups in total. The zero-order valence-electron chi connectivity index (χ0n) is 13.7. The molecule has 0 atom stereocenters. The lowest BCUT2D eigenvalue weighted by molar-refractivity contribution is -0.133. The molecule has 0 fully saturated rings. The number of carbonyl (C=O) groups excluding carboxylic acids is 3. The van der Waals surface area contributed by atoms with Gasteiger partial charge in [0.15, 0.2) is 0 Å². The molecule has 0 bridgehead atoms. The van der Waals surface area contributed by atoms with E-state index in [1.165, 1.54) is 4.90 Å². The van der Waals surface area contributed by atoms with Gasteiger partial charge in [-0.05, 0) is 40.9 Å². The number of carbonyl (C=O) groups is 3. The van der Waals surface area contributed by atoms with E-state index in [4.69, 9.17) is 5.73 Å². The molecular formula is C16H23BrN4O3. The van der Waals surface area contributed by atoms with Crippen LogP contribution >= 0.6 is 15.9 Å². The minimum absolute atomic E-state index is 0.00337. The molecule has 8 heteroatoms. The number of hydrogen-bond acceptors (Lipinski definition) is 3. The van der Waals surface area contributed by atoms with Crippen molar-refractivity contribution in [3.63, 3.8) is 0 Å². The average Bonchev–Trinajstić information content (AvgIpc) is 2.52. The Balaban J connectivity index is 2.24. The number of primary amides is 1. The van der Waals surface area contributed by atoms with Crippen molar-refractivity contribution in [2.24, 2.45) is 5.73 Å². The maximum absolute atomic E-state index is 12.0. The summed E-state index contributed by atoms with van der Waals surface area (Å²) < 4.78 is 0.789. The fourth-order valence-corrected chi connectivity index (χ4v) is 2.42. The van der Waals surface area contributed by atoms with E-state index in [0.29, 0.717) is 25.1 Å². The highest BCUT2D eigenvalue weighted by molar-refractivity contribution is 9.10. The molecule has 132 valence electrons. The number of urea groups is 1. The molecule has 0 radical (unpaired) electrons. The van der Waals surface area contributed by atoms with Gasteiger partial charge in [-0.15, -0.1) is 0 Å². The third-order valence-corrected chi connectivity index (χ3v) is 4.01. The fourth-order valence-electron chi connectivity index (χ4n) is 2.04. The van der Waals surface area contributed by atoms with Crippen molar-refractivity contribution in [2.45, 2.75) is 25.7 Å². The Bertz CT molecular complexity index is 580. The Morgan fingerprint density at radius 2 is 1.88 bits per heavy atom. The third-order valence-electron chi connectivity index (χ3n) is 3.32. The molecule has 0 heterocycles. The minimum Gasteiger partial charge on any atom is -0.352 e. The van der Waals surface area contributed by atoms with Gasteiger partial charge in [0.1, 0.15) is 0 Å². The van der Waals surface area contributed by atoms with Gasteiger partial charge in [0.05, 0.1) is 12.2 Å². The summed E-state index contributed by atoms with van der Waals surface area (Å²) in [5.74, 6) is -0.330. The minimum atomic E-state index is -0.540. The molecule has 0 spiro atoms. The second-order valence-corrected chi connectivity index (χ2v) is 6.23. The van der Waals surface area contributed by atoms with Gasteiger partial charge in [-0.25, -0.2) is 4.79 Å². The van der Waals surface area contributed by atoms with Crippen molar-refractivity contribution in [1.29, 1.82) is 0 Å². The van der Waals surface area contributed by atoms with Crippen molar-refractivity contribution in [2.75, 3.05) is 25.5 Å². The molecule has 0 aromatic heterocycles. The van der Waals surface area contributed by atoms with Crippen LogP contribution in [-0.4, -0.2) is 42.9 Å². The van der Waals surface area contributed by atoms with E-state index in [9.17, 15) is 14.4 Å². The number of amides is 4. The highest BCUT2D eigenvalue weighted by Crippen LogP contribution is 2.20. The van der Waals surface area contributed by atoms with E-state index < -0.39 is 6.03 Å². The number of nitrogens with two attached hydrogens (primary N) is 1. The zero-order valence-corrected chi connectivity index (χ0v) is 15.3. The summed E-state index contributed by atoms with van der Waals surface area (Å²) >= 11 is 3.35. The van der Waals surface area contributed by atoms with Gasteiger partial charge < -0.3 is 21.3 Å². The maximum atomic E-state index is 12.0. The molecule has 1 rings (SSSR count). The number of unbranched alkanes of at least 4 members (excludes halogenated alkanes) is 2. The molecule has 0 saturated carbocycles. The fraction of sp³-hybridized carbons (Fsp3) is 0.438. The molecule has 0 saturated heterocycles. The van der Waals surface area contributed by atoms with Crippen molar-refractivity contribution in [1.82, 2.24) is 10.2 Å². The monoisotopic (exact) mass is 398 g/mol. The van der Waals surface area contributed by atoms with Crippen LogP contribution in [0.2, 0.25) is 0 Å². The summed E-state index contributed by atoms with van der Waals surface area (Å²) in [6.07, 6.45) is 2.65. The lowest BCUT2D eigenvalue weighted by Gasteiger charge is -2.17. The second kappa shape index (κ2) is 10.6. The first-order chi connectivity index (χ1) is 11.4. The Hall–Kier alpha value is -2.09. The molecule has 0 aliphatic heterocycles. The predicted molar refractivity (Wildman–Crippen MR) is 96.5 cm³/mol. The Labute approximate surface area is 150 Å². The number of halogens is 1. The first-order valence-corrected chi connectivity index (χ1v) is 8.51. The lowest BCUT2D eigenvalue weighted by atomic mass is 10.2. The van der Waals surface area contributed by atoms with Crippen LogP contribution < -0.4 is 16.4 Å². The number of nitrogens with one attached hydrogen (secondary N) is 2. The molecule has 1 aromatic carbocycles. The first-order valence-electron chi connectivity index (χ1n) is 7.72. The van der Waals surface area contributed by atoms with Crippen LogP contribution in [-0.2, 0) is 9.59 Å². The number of rotatable bonds is 9. The van der Waals surface area contributed by atoms with Gasteiger partial charge in [-0.3, -0.25) is 9.59 Å². The molecule has 1 aromatic rings. The summed E-state index contributed by atoms with van der Waals surface area (Å²) in [5.41, 5.74) is 5.63. The molecular weight excluding hydrogens is 376 g/mol. The van der Waals surface area contributed by atoms with Crippen LogP contribution in [0.5, 0.6) is 0 Å². The van der Waals surface area contributed by atoms with Crippen LogP contribution in [0.1, 0.15) is 25.7 Å². The molecule has 0 aliphatic rings. The number of nitrogens with zero attached hydrogens (tertiary/aromatic N) is 1. The molecule has 24 heavy (non-hydrogen) atoms. The van der Waals surface area contributed by atoms with Gasteiger partial charge in [0.25, 0.3) is 0 Å². The number of anilines is 1. The largest absolute Gasteiger partial charge is 0.352 e. The van der Waals surface area contributed by atoms with Crippen molar-refractivity contribution in [3.05, 3.63) is 28.7 Å². The molecule has 4 amide bonds. The Morgan fingerprint density at radius 3 is 2.54 bits per heavy atom. The highest BCUT2D eigenvalue weighted by atomic mass is 79.9. The maximum Gasteiger partial charge on any atom is 0.312 e. The topological polar surface area (TPSA) is 105 Å². The summed E-state index contributed by atoms with van der Waals surface area (Å²) in [5, 5.41) is 5.26. The summed E-state index contributed by atoms with van der Waals surface area (Å²) in [7, 11) is 1.61. The van der Waals surface area contributed by atoms with Crippen molar-refractivity contribution in [3.8, 4) is 0 Å². The number of hydrogen-bond donors (Lipinski definition) is 3. The van der Waals surface area contributed by atoms with E-state index in [-0.39, 0.29) is 18.4 Å². The van der Waals surface area contributed by atoms with Gasteiger partial charge >= 0.3 is 6.03 Å². The number of benzene rings is 1. The average molecular weight is 399 g/mol. The Morgan fingerprint density at radius 1 is 1.17 bits per heavy atom. The SMILES string of the molecule is CN(CC(=O)Nc1ccccc1Br)C(=O)CCCCCNC(N)=O. The van der Waals surface area contributed by atoms with Gasteiger partial charge in [0.2, 0.25) is 11.8 Å². The predicted octanol–water partition coefficient (Wildman–Crippen LogP) is 2.07. The standard InChI is InChI=1S/C16H23BrN4O3/c1-21(15(23)9-3-2-6-10-19-16(18)24)11-14(22)20-13-8-5-4-7-12(13)17/h4-5,7-8H,2-3,6,9-11H2,1H3,(H,20,22)(H3,18,19,24). The summed E-state index contributed by atoms with van der Waals surface area (Å²) in [6.45, 7) is 0.511. The van der Waals surface area contributed by atoms with E-state index >= 15 is 0 Å². The van der Waals surface area contributed by atoms with Gasteiger partial charge in [0, 0.05) is 24.5 Å². The van der Waals surface area contributed by atoms with Crippen LogP contribution in [0.3, 0.4) is 0 Å². The van der Waals surface area contributed by atoms with Crippen LogP contribution in [0.4, 0.5) is 10.5 Å². The zero-order chi connectivity index (χ0) is 17.9. The second-order valence-electron chi connectivity index (χ2n) is 5.38. The molecule has 7 nitrogen and oxygen atoms in total. The highest BCUT2D eigenvalue weighted by Gasteiger charge is 2.13. The summed E-state index contributed by atoms with van der Waals surface area (Å²) in [6, 6.07) is 6.75. The van der Waals surface area contributed by atoms with Crippen molar-refractivity contribution < 1.29 is 14.4 Å². The van der Waals surface area contributed by atoms with Crippen LogP contribution in [0, 0.1) is 0 Å². The number of para-hydroxylation sites is 1. The van der Waals surface area contributed by atoms with E-state index in [1.54, 1.807) is 13.1 Å². The first kappa shape index (κ1) is 20.0. The number of likely N-dealkylation sites (N-methyl/N-ethyl adjacent to an activating group) is 1. The van der Waals surface area contributed by atoms with E-state index in [2.05, 4.69) is 26.6 Å². The van der Waals surface area contributed by atoms with E-state index in [1.807, 2.05) is 18.2 Å². The normalized spacial score (nSPS) is 10.1. The van der Waals surface area contributed by atoms with E-state index in [0.717, 1.165) is 17.3 Å². The van der Waals surface area contributed by atoms with Crippen LogP contribution in [0.15, 0.2) is 28.7 Å². The van der Waals surface area contributed by atoms with Crippen LogP contribution in [0.25, 0.3) is 0 Å². The smallest absolute Gasteiger partial charge is 0.312 e. The molecule has 0 unspecified atom stereocenters. The quantitative estimate of drug-likeness (QED) is 0.554. The summed E-state index contributed by atoms with van der Waals surface area (Å²) in [4.78, 5) is 35.9. The molecule has 0 aliphatic carbocycles. The van der Waals surface area contributed by atoms with Gasteiger partial charge in [-0.2, -0.15) is 0 Å².